The van der Waals surface area contributed by atoms with Gasteiger partial charge in [0.05, 0.1) is 6.10 Å². The number of nitriles is 1. The summed E-state index contributed by atoms with van der Waals surface area (Å²) >= 11 is 0. The fourth-order valence-corrected chi connectivity index (χ4v) is 1.50. The Morgan fingerprint density at radius 2 is 2.36 bits per heavy atom. The van der Waals surface area contributed by atoms with Gasteiger partial charge in [0.1, 0.15) is 6.07 Å². The lowest BCUT2D eigenvalue weighted by atomic mass is 10.3. The van der Waals surface area contributed by atoms with Gasteiger partial charge < -0.3 is 10.0 Å². The standard InChI is InChI=1S/C9H10N4O/c10-5-7-1-2-9(12-11-7)13-4-3-8(14)6-13/h1-2,8,14H,3-4,6H2/t8-/m1/s1. The molecule has 0 spiro atoms. The second-order valence-corrected chi connectivity index (χ2v) is 3.28. The van der Waals surface area contributed by atoms with Crippen molar-refractivity contribution < 1.29 is 5.11 Å². The predicted octanol–water partition coefficient (Wildman–Crippen LogP) is -0.0807. The van der Waals surface area contributed by atoms with E-state index in [9.17, 15) is 5.11 Å². The molecule has 1 aliphatic rings. The van der Waals surface area contributed by atoms with E-state index in [1.807, 2.05) is 11.0 Å². The smallest absolute Gasteiger partial charge is 0.163 e. The number of β-amino-alcohol motifs (C(OH)–C–C–N with tert-alkyl or cyclic N) is 1. The van der Waals surface area contributed by atoms with E-state index in [2.05, 4.69) is 10.2 Å². The first kappa shape index (κ1) is 8.91. The fraction of sp³-hybridized carbons (Fsp3) is 0.444. The van der Waals surface area contributed by atoms with Crippen LogP contribution in [0.2, 0.25) is 0 Å². The topological polar surface area (TPSA) is 73.0 Å². The molecule has 1 aromatic heterocycles. The van der Waals surface area contributed by atoms with Crippen LogP contribution in [0.3, 0.4) is 0 Å². The lowest BCUT2D eigenvalue weighted by Gasteiger charge is -2.14. The third kappa shape index (κ3) is 1.65. The summed E-state index contributed by atoms with van der Waals surface area (Å²) in [6, 6.07) is 5.30. The Kier molecular flexibility index (Phi) is 2.29. The van der Waals surface area contributed by atoms with Gasteiger partial charge >= 0.3 is 0 Å². The van der Waals surface area contributed by atoms with Gasteiger partial charge in [-0.15, -0.1) is 10.2 Å². The molecule has 2 rings (SSSR count). The minimum Gasteiger partial charge on any atom is -0.391 e. The molecule has 5 heteroatoms. The molecule has 1 saturated heterocycles. The van der Waals surface area contributed by atoms with Crippen molar-refractivity contribution >= 4 is 5.82 Å². The molecule has 1 aliphatic heterocycles. The van der Waals surface area contributed by atoms with Crippen molar-refractivity contribution in [3.63, 3.8) is 0 Å². The Morgan fingerprint density at radius 3 is 2.86 bits per heavy atom. The SMILES string of the molecule is N#Cc1ccc(N2CC[C@@H](O)C2)nn1. The second kappa shape index (κ2) is 3.60. The molecule has 0 radical (unpaired) electrons. The van der Waals surface area contributed by atoms with Crippen molar-refractivity contribution in [2.45, 2.75) is 12.5 Å². The second-order valence-electron chi connectivity index (χ2n) is 3.28. The van der Waals surface area contributed by atoms with Crippen molar-refractivity contribution in [1.82, 2.24) is 10.2 Å². The van der Waals surface area contributed by atoms with Gasteiger partial charge in [0.15, 0.2) is 11.5 Å². The summed E-state index contributed by atoms with van der Waals surface area (Å²) in [6.07, 6.45) is 0.495. The van der Waals surface area contributed by atoms with Gasteiger partial charge in [-0.3, -0.25) is 0 Å². The summed E-state index contributed by atoms with van der Waals surface area (Å²) in [5.41, 5.74) is 0.313. The lowest BCUT2D eigenvalue weighted by molar-refractivity contribution is 0.198. The van der Waals surface area contributed by atoms with Crippen LogP contribution in [0, 0.1) is 11.3 Å². The molecule has 72 valence electrons. The highest BCUT2D eigenvalue weighted by Crippen LogP contribution is 2.16. The largest absolute Gasteiger partial charge is 0.391 e. The summed E-state index contributed by atoms with van der Waals surface area (Å²) in [4.78, 5) is 1.96. The Bertz CT molecular complexity index is 356. The Balaban J connectivity index is 2.14. The number of hydrogen-bond donors (Lipinski definition) is 1. The average molecular weight is 190 g/mol. The number of anilines is 1. The third-order valence-corrected chi connectivity index (χ3v) is 2.25. The van der Waals surface area contributed by atoms with Crippen molar-refractivity contribution in [2.24, 2.45) is 0 Å². The molecule has 5 nitrogen and oxygen atoms in total. The zero-order valence-corrected chi connectivity index (χ0v) is 7.59. The average Bonchev–Trinajstić information content (AvgIpc) is 2.65. The van der Waals surface area contributed by atoms with E-state index in [4.69, 9.17) is 5.26 Å². The molecular formula is C9H10N4O. The first-order chi connectivity index (χ1) is 6.79. The Hall–Kier alpha value is -1.67. The molecule has 0 aromatic carbocycles. The maximum Gasteiger partial charge on any atom is 0.163 e. The normalized spacial score (nSPS) is 20.9. The summed E-state index contributed by atoms with van der Waals surface area (Å²) < 4.78 is 0. The summed E-state index contributed by atoms with van der Waals surface area (Å²) in [6.45, 7) is 1.39. The van der Waals surface area contributed by atoms with Gasteiger partial charge in [-0.2, -0.15) is 5.26 Å². The highest BCUT2D eigenvalue weighted by molar-refractivity contribution is 5.40. The highest BCUT2D eigenvalue weighted by atomic mass is 16.3. The zero-order chi connectivity index (χ0) is 9.97. The number of aliphatic hydroxyl groups excluding tert-OH is 1. The number of aliphatic hydroxyl groups is 1. The molecule has 0 aliphatic carbocycles. The van der Waals surface area contributed by atoms with Gasteiger partial charge in [-0.25, -0.2) is 0 Å². The maximum absolute atomic E-state index is 9.32. The van der Waals surface area contributed by atoms with Crippen LogP contribution in [0.15, 0.2) is 12.1 Å². The summed E-state index contributed by atoms with van der Waals surface area (Å²) in [7, 11) is 0. The van der Waals surface area contributed by atoms with E-state index >= 15 is 0 Å². The number of hydrogen-bond acceptors (Lipinski definition) is 5. The molecule has 0 amide bonds. The predicted molar refractivity (Wildman–Crippen MR) is 49.6 cm³/mol. The third-order valence-electron chi connectivity index (χ3n) is 2.25. The Morgan fingerprint density at radius 1 is 1.50 bits per heavy atom. The maximum atomic E-state index is 9.32. The summed E-state index contributed by atoms with van der Waals surface area (Å²) in [5, 5.41) is 25.5. The van der Waals surface area contributed by atoms with Gasteiger partial charge in [0.2, 0.25) is 0 Å². The molecule has 1 fully saturated rings. The quantitative estimate of drug-likeness (QED) is 0.670. The molecule has 1 atom stereocenters. The Labute approximate surface area is 81.6 Å². The van der Waals surface area contributed by atoms with Gasteiger partial charge in [0, 0.05) is 13.1 Å². The monoisotopic (exact) mass is 190 g/mol. The van der Waals surface area contributed by atoms with Crippen LogP contribution >= 0.6 is 0 Å². The molecular weight excluding hydrogens is 180 g/mol. The number of rotatable bonds is 1. The number of nitrogens with zero attached hydrogens (tertiary/aromatic N) is 4. The van der Waals surface area contributed by atoms with Crippen LogP contribution in [0.5, 0.6) is 0 Å². The van der Waals surface area contributed by atoms with E-state index in [0.29, 0.717) is 12.2 Å². The van der Waals surface area contributed by atoms with Crippen molar-refractivity contribution in [3.8, 4) is 6.07 Å². The molecule has 0 saturated carbocycles. The molecule has 1 aromatic rings. The van der Waals surface area contributed by atoms with E-state index < -0.39 is 0 Å². The van der Waals surface area contributed by atoms with Crippen molar-refractivity contribution in [2.75, 3.05) is 18.0 Å². The fourth-order valence-electron chi connectivity index (χ4n) is 1.50. The van der Waals surface area contributed by atoms with Gasteiger partial charge in [0.25, 0.3) is 0 Å². The van der Waals surface area contributed by atoms with Crippen LogP contribution in [0.4, 0.5) is 5.82 Å². The molecule has 14 heavy (non-hydrogen) atoms. The number of aromatic nitrogens is 2. The highest BCUT2D eigenvalue weighted by Gasteiger charge is 2.21. The molecule has 0 unspecified atom stereocenters. The van der Waals surface area contributed by atoms with Crippen molar-refractivity contribution in [3.05, 3.63) is 17.8 Å². The van der Waals surface area contributed by atoms with E-state index in [-0.39, 0.29) is 6.10 Å². The van der Waals surface area contributed by atoms with Gasteiger partial charge in [-0.05, 0) is 18.6 Å². The molecule has 1 N–H and O–H groups in total. The first-order valence-corrected chi connectivity index (χ1v) is 4.46. The van der Waals surface area contributed by atoms with Crippen molar-refractivity contribution in [1.29, 1.82) is 5.26 Å². The van der Waals surface area contributed by atoms with Crippen LogP contribution in [-0.4, -0.2) is 34.5 Å². The van der Waals surface area contributed by atoms with E-state index in [0.717, 1.165) is 18.8 Å². The van der Waals surface area contributed by atoms with Gasteiger partial charge in [-0.1, -0.05) is 0 Å². The molecule has 0 bridgehead atoms. The van der Waals surface area contributed by atoms with E-state index in [1.54, 1.807) is 12.1 Å². The van der Waals surface area contributed by atoms with Crippen LogP contribution in [-0.2, 0) is 0 Å². The minimum absolute atomic E-state index is 0.271. The lowest BCUT2D eigenvalue weighted by Crippen LogP contribution is -2.22. The van der Waals surface area contributed by atoms with Crippen LogP contribution in [0.1, 0.15) is 12.1 Å². The van der Waals surface area contributed by atoms with Crippen LogP contribution in [0.25, 0.3) is 0 Å². The van der Waals surface area contributed by atoms with Crippen LogP contribution < -0.4 is 4.90 Å². The first-order valence-electron chi connectivity index (χ1n) is 4.46. The zero-order valence-electron chi connectivity index (χ0n) is 7.59. The minimum atomic E-state index is -0.271. The molecule has 2 heterocycles. The summed E-state index contributed by atoms with van der Waals surface area (Å²) in [5.74, 6) is 0.723. The van der Waals surface area contributed by atoms with E-state index in [1.165, 1.54) is 0 Å².